The second-order valence-corrected chi connectivity index (χ2v) is 2.72. The molecule has 0 spiro atoms. The van der Waals surface area contributed by atoms with Crippen LogP contribution in [0.2, 0.25) is 0 Å². The normalized spacial score (nSPS) is 9.54. The molecule has 0 saturated heterocycles. The third-order valence-corrected chi connectivity index (χ3v) is 1.88. The molecule has 2 aromatic rings. The third-order valence-electron chi connectivity index (χ3n) is 1.88. The SMILES string of the molecule is CC.Cc1cccc2onc(C)c12. The van der Waals surface area contributed by atoms with Crippen molar-refractivity contribution in [1.82, 2.24) is 5.16 Å². The van der Waals surface area contributed by atoms with Crippen LogP contribution >= 0.6 is 0 Å². The average molecular weight is 177 g/mol. The number of hydrogen-bond donors (Lipinski definition) is 0. The fourth-order valence-electron chi connectivity index (χ4n) is 1.34. The summed E-state index contributed by atoms with van der Waals surface area (Å²) in [5.74, 6) is 0. The van der Waals surface area contributed by atoms with E-state index in [1.54, 1.807) is 0 Å². The van der Waals surface area contributed by atoms with Crippen molar-refractivity contribution >= 4 is 11.0 Å². The maximum Gasteiger partial charge on any atom is 0.167 e. The monoisotopic (exact) mass is 177 g/mol. The van der Waals surface area contributed by atoms with E-state index in [9.17, 15) is 0 Å². The van der Waals surface area contributed by atoms with Crippen LogP contribution in [0.25, 0.3) is 11.0 Å². The number of rotatable bonds is 0. The minimum absolute atomic E-state index is 0.877. The fraction of sp³-hybridized carbons (Fsp3) is 0.364. The van der Waals surface area contributed by atoms with E-state index >= 15 is 0 Å². The molecule has 2 nitrogen and oxygen atoms in total. The molecule has 0 bridgehead atoms. The van der Waals surface area contributed by atoms with Crippen LogP contribution in [0, 0.1) is 13.8 Å². The number of aromatic nitrogens is 1. The van der Waals surface area contributed by atoms with Gasteiger partial charge >= 0.3 is 0 Å². The Morgan fingerprint density at radius 2 is 1.85 bits per heavy atom. The fourth-order valence-corrected chi connectivity index (χ4v) is 1.34. The van der Waals surface area contributed by atoms with Gasteiger partial charge in [-0.2, -0.15) is 0 Å². The van der Waals surface area contributed by atoms with Crippen LogP contribution in [0.5, 0.6) is 0 Å². The molecule has 0 aliphatic heterocycles. The molecule has 0 N–H and O–H groups in total. The molecule has 0 saturated carbocycles. The van der Waals surface area contributed by atoms with Crippen LogP contribution in [0.15, 0.2) is 22.7 Å². The first kappa shape index (κ1) is 9.78. The van der Waals surface area contributed by atoms with Crippen LogP contribution in [0.4, 0.5) is 0 Å². The molecular formula is C11H15NO. The van der Waals surface area contributed by atoms with Gasteiger partial charge in [-0.1, -0.05) is 31.1 Å². The van der Waals surface area contributed by atoms with Crippen LogP contribution < -0.4 is 0 Å². The van der Waals surface area contributed by atoms with E-state index in [0.29, 0.717) is 0 Å². The van der Waals surface area contributed by atoms with Crippen molar-refractivity contribution in [1.29, 1.82) is 0 Å². The first-order chi connectivity index (χ1) is 6.29. The molecule has 1 aromatic heterocycles. The van der Waals surface area contributed by atoms with Crippen LogP contribution in [-0.2, 0) is 0 Å². The molecule has 0 atom stereocenters. The summed E-state index contributed by atoms with van der Waals surface area (Å²) in [6, 6.07) is 5.97. The second-order valence-electron chi connectivity index (χ2n) is 2.72. The molecule has 1 aromatic carbocycles. The van der Waals surface area contributed by atoms with E-state index in [-0.39, 0.29) is 0 Å². The number of benzene rings is 1. The Morgan fingerprint density at radius 3 is 2.46 bits per heavy atom. The summed E-state index contributed by atoms with van der Waals surface area (Å²) < 4.78 is 5.08. The summed E-state index contributed by atoms with van der Waals surface area (Å²) in [4.78, 5) is 0. The molecule has 0 radical (unpaired) electrons. The lowest BCUT2D eigenvalue weighted by atomic mass is 10.1. The van der Waals surface area contributed by atoms with E-state index in [0.717, 1.165) is 16.7 Å². The Labute approximate surface area is 78.5 Å². The lowest BCUT2D eigenvalue weighted by Gasteiger charge is -1.91. The van der Waals surface area contributed by atoms with E-state index < -0.39 is 0 Å². The van der Waals surface area contributed by atoms with Crippen molar-refractivity contribution in [2.24, 2.45) is 0 Å². The molecule has 2 rings (SSSR count). The van der Waals surface area contributed by atoms with Crippen LogP contribution in [0.1, 0.15) is 25.1 Å². The average Bonchev–Trinajstić information content (AvgIpc) is 2.53. The van der Waals surface area contributed by atoms with Gasteiger partial charge in [-0.3, -0.25) is 0 Å². The van der Waals surface area contributed by atoms with Gasteiger partial charge in [0.05, 0.1) is 5.69 Å². The molecule has 70 valence electrons. The number of nitrogens with zero attached hydrogens (tertiary/aromatic N) is 1. The zero-order chi connectivity index (χ0) is 9.84. The predicted molar refractivity (Wildman–Crippen MR) is 54.8 cm³/mol. The molecule has 13 heavy (non-hydrogen) atoms. The summed E-state index contributed by atoms with van der Waals surface area (Å²) in [7, 11) is 0. The zero-order valence-electron chi connectivity index (χ0n) is 8.59. The van der Waals surface area contributed by atoms with E-state index in [1.165, 1.54) is 5.56 Å². The summed E-state index contributed by atoms with van der Waals surface area (Å²) in [6.45, 7) is 8.02. The van der Waals surface area contributed by atoms with Crippen molar-refractivity contribution in [2.75, 3.05) is 0 Å². The largest absolute Gasteiger partial charge is 0.356 e. The third kappa shape index (κ3) is 1.72. The highest BCUT2D eigenvalue weighted by Crippen LogP contribution is 2.20. The van der Waals surface area contributed by atoms with Crippen molar-refractivity contribution < 1.29 is 4.52 Å². The van der Waals surface area contributed by atoms with Gasteiger partial charge in [0.2, 0.25) is 0 Å². The minimum Gasteiger partial charge on any atom is -0.356 e. The molecule has 0 fully saturated rings. The molecule has 0 aliphatic carbocycles. The van der Waals surface area contributed by atoms with E-state index in [4.69, 9.17) is 4.52 Å². The first-order valence-corrected chi connectivity index (χ1v) is 4.60. The zero-order valence-corrected chi connectivity index (χ0v) is 8.59. The summed E-state index contributed by atoms with van der Waals surface area (Å²) in [5, 5.41) is 5.03. The quantitative estimate of drug-likeness (QED) is 0.615. The van der Waals surface area contributed by atoms with Gasteiger partial charge in [0.25, 0.3) is 0 Å². The maximum absolute atomic E-state index is 5.08. The highest BCUT2D eigenvalue weighted by molar-refractivity contribution is 5.82. The summed E-state index contributed by atoms with van der Waals surface area (Å²) in [6.07, 6.45) is 0. The lowest BCUT2D eigenvalue weighted by molar-refractivity contribution is 0.450. The highest BCUT2D eigenvalue weighted by Gasteiger charge is 2.04. The Bertz CT molecular complexity index is 390. The maximum atomic E-state index is 5.08. The van der Waals surface area contributed by atoms with Gasteiger partial charge in [0.15, 0.2) is 5.58 Å². The molecule has 1 heterocycles. The molecule has 0 unspecified atom stereocenters. The minimum atomic E-state index is 0.877. The Balaban J connectivity index is 0.000000396. The first-order valence-electron chi connectivity index (χ1n) is 4.60. The van der Waals surface area contributed by atoms with Crippen molar-refractivity contribution in [3.8, 4) is 0 Å². The van der Waals surface area contributed by atoms with Gasteiger partial charge < -0.3 is 4.52 Å². The summed E-state index contributed by atoms with van der Waals surface area (Å²) >= 11 is 0. The molecular weight excluding hydrogens is 162 g/mol. The number of hydrogen-bond acceptors (Lipinski definition) is 2. The second kappa shape index (κ2) is 4.08. The molecule has 0 aliphatic rings. The van der Waals surface area contributed by atoms with Crippen molar-refractivity contribution in [3.63, 3.8) is 0 Å². The number of fused-ring (bicyclic) bond motifs is 1. The van der Waals surface area contributed by atoms with E-state index in [1.807, 2.05) is 32.9 Å². The van der Waals surface area contributed by atoms with Crippen LogP contribution in [-0.4, -0.2) is 5.16 Å². The Morgan fingerprint density at radius 1 is 1.15 bits per heavy atom. The standard InChI is InChI=1S/C9H9NO.C2H6/c1-6-4-3-5-8-9(6)7(2)10-11-8;1-2/h3-5H,1-2H3;1-2H3. The Hall–Kier alpha value is -1.31. The van der Waals surface area contributed by atoms with Gasteiger partial charge in [-0.25, -0.2) is 0 Å². The molecule has 2 heteroatoms. The predicted octanol–water partition coefficient (Wildman–Crippen LogP) is 3.47. The lowest BCUT2D eigenvalue weighted by Crippen LogP contribution is -1.75. The summed E-state index contributed by atoms with van der Waals surface area (Å²) in [5.41, 5.74) is 3.07. The van der Waals surface area contributed by atoms with Gasteiger partial charge in [-0.05, 0) is 25.5 Å². The topological polar surface area (TPSA) is 26.0 Å². The smallest absolute Gasteiger partial charge is 0.167 e. The van der Waals surface area contributed by atoms with Gasteiger partial charge in [-0.15, -0.1) is 0 Å². The van der Waals surface area contributed by atoms with Gasteiger partial charge in [0.1, 0.15) is 0 Å². The Kier molecular flexibility index (Phi) is 3.07. The van der Waals surface area contributed by atoms with Crippen LogP contribution in [0.3, 0.4) is 0 Å². The van der Waals surface area contributed by atoms with Crippen molar-refractivity contribution in [2.45, 2.75) is 27.7 Å². The van der Waals surface area contributed by atoms with Gasteiger partial charge in [0, 0.05) is 5.39 Å². The van der Waals surface area contributed by atoms with Crippen molar-refractivity contribution in [3.05, 3.63) is 29.5 Å². The molecule has 0 amide bonds. The number of aryl methyl sites for hydroxylation is 2. The highest BCUT2D eigenvalue weighted by atomic mass is 16.5. The van der Waals surface area contributed by atoms with E-state index in [2.05, 4.69) is 18.1 Å².